The molecule has 1 aromatic rings. The van der Waals surface area contributed by atoms with Gasteiger partial charge in [0.25, 0.3) is 0 Å². The number of hydrogen-bond donors (Lipinski definition) is 0. The van der Waals surface area contributed by atoms with Crippen LogP contribution in [0, 0.1) is 17.8 Å². The molecule has 1 aromatic carbocycles. The highest BCUT2D eigenvalue weighted by molar-refractivity contribution is 8.14. The normalized spacial score (nSPS) is 35.2. The fraction of sp³-hybridized carbons (Fsp3) is 0.692. The first kappa shape index (κ1) is 21.4. The van der Waals surface area contributed by atoms with Crippen molar-refractivity contribution in [2.24, 2.45) is 22.7 Å². The van der Waals surface area contributed by atoms with Crippen molar-refractivity contribution in [1.82, 2.24) is 4.90 Å². The molecule has 1 aliphatic heterocycles. The maximum atomic E-state index is 12.8. The van der Waals surface area contributed by atoms with E-state index >= 15 is 0 Å². The highest BCUT2D eigenvalue weighted by Crippen LogP contribution is 2.57. The first-order valence-corrected chi connectivity index (χ1v) is 13.4. The van der Waals surface area contributed by atoms with E-state index in [1.807, 2.05) is 16.7 Å². The first-order chi connectivity index (χ1) is 15.0. The second-order valence-corrected chi connectivity index (χ2v) is 11.4. The Bertz CT molecular complexity index is 813. The molecule has 1 saturated heterocycles. The summed E-state index contributed by atoms with van der Waals surface area (Å²) in [6.45, 7) is 7.06. The van der Waals surface area contributed by atoms with Gasteiger partial charge in [-0.25, -0.2) is 0 Å². The lowest BCUT2D eigenvalue weighted by Gasteiger charge is -2.55. The summed E-state index contributed by atoms with van der Waals surface area (Å²) in [6.07, 6.45) is 10.4. The van der Waals surface area contributed by atoms with Crippen molar-refractivity contribution in [1.29, 1.82) is 0 Å². The Morgan fingerprint density at radius 1 is 1.10 bits per heavy atom. The minimum absolute atomic E-state index is 0.0580. The third-order valence-electron chi connectivity index (χ3n) is 8.03. The van der Waals surface area contributed by atoms with E-state index in [0.717, 1.165) is 48.6 Å². The number of benzene rings is 1. The summed E-state index contributed by atoms with van der Waals surface area (Å²) in [7, 11) is 0. The molecule has 168 valence electrons. The Morgan fingerprint density at radius 3 is 2.23 bits per heavy atom. The third kappa shape index (κ3) is 4.03. The molecule has 4 bridgehead atoms. The van der Waals surface area contributed by atoms with E-state index in [0.29, 0.717) is 0 Å². The van der Waals surface area contributed by atoms with Crippen LogP contribution in [0.15, 0.2) is 29.3 Å². The number of amides is 1. The average Bonchev–Trinajstić information content (AvgIpc) is 3.09. The summed E-state index contributed by atoms with van der Waals surface area (Å²) in [5, 5.41) is 1.20. The molecule has 5 fully saturated rings. The lowest BCUT2D eigenvalue weighted by molar-refractivity contribution is -0.117. The smallest absolute Gasteiger partial charge is 0.225 e. The summed E-state index contributed by atoms with van der Waals surface area (Å²) < 4.78 is 0. The van der Waals surface area contributed by atoms with Gasteiger partial charge < -0.3 is 4.90 Å². The maximum absolute atomic E-state index is 12.8. The van der Waals surface area contributed by atoms with E-state index in [1.54, 1.807) is 6.92 Å². The van der Waals surface area contributed by atoms with Gasteiger partial charge in [-0.1, -0.05) is 37.7 Å². The van der Waals surface area contributed by atoms with Crippen molar-refractivity contribution < 1.29 is 4.79 Å². The quantitative estimate of drug-likeness (QED) is 0.569. The number of nitrogens with zero attached hydrogens (tertiary/aromatic N) is 3. The number of carbonyl (C=O) groups is 1. The van der Waals surface area contributed by atoms with Gasteiger partial charge >= 0.3 is 0 Å². The van der Waals surface area contributed by atoms with Crippen LogP contribution in [-0.2, 0) is 11.2 Å². The van der Waals surface area contributed by atoms with Crippen molar-refractivity contribution in [3.8, 4) is 0 Å². The van der Waals surface area contributed by atoms with E-state index in [2.05, 4.69) is 43.0 Å². The lowest BCUT2D eigenvalue weighted by Crippen LogP contribution is -2.52. The summed E-state index contributed by atoms with van der Waals surface area (Å²) in [5.41, 5.74) is 2.50. The fourth-order valence-electron chi connectivity index (χ4n) is 7.11. The fourth-order valence-corrected chi connectivity index (χ4v) is 8.37. The molecule has 0 aromatic heterocycles. The van der Waals surface area contributed by atoms with E-state index in [-0.39, 0.29) is 17.6 Å². The van der Waals surface area contributed by atoms with Gasteiger partial charge in [0.05, 0.1) is 5.54 Å². The third-order valence-corrected chi connectivity index (χ3v) is 9.08. The number of aryl methyl sites for hydroxylation is 1. The minimum atomic E-state index is 0.0580. The molecule has 5 aliphatic rings. The first-order valence-electron chi connectivity index (χ1n) is 12.4. The van der Waals surface area contributed by atoms with Crippen molar-refractivity contribution in [2.75, 3.05) is 17.2 Å². The van der Waals surface area contributed by atoms with Crippen molar-refractivity contribution in [2.45, 2.75) is 83.8 Å². The van der Waals surface area contributed by atoms with E-state index < -0.39 is 0 Å². The molecule has 4 saturated carbocycles. The summed E-state index contributed by atoms with van der Waals surface area (Å²) >= 11 is 1.88. The molecule has 5 heteroatoms. The van der Waals surface area contributed by atoms with Gasteiger partial charge in [0.15, 0.2) is 5.17 Å². The Labute approximate surface area is 191 Å². The van der Waals surface area contributed by atoms with Crippen molar-refractivity contribution >= 4 is 28.5 Å². The zero-order valence-corrected chi connectivity index (χ0v) is 20.2. The highest BCUT2D eigenvalue weighted by atomic mass is 32.2. The zero-order chi connectivity index (χ0) is 21.6. The Morgan fingerprint density at radius 2 is 1.71 bits per heavy atom. The number of carbonyl (C=O) groups excluding carboxylic acids is 1. The summed E-state index contributed by atoms with van der Waals surface area (Å²) in [6, 6.07) is 8.54. The number of amidine groups is 1. The number of rotatable bonds is 6. The molecule has 1 heterocycles. The second-order valence-electron chi connectivity index (χ2n) is 10.4. The van der Waals surface area contributed by atoms with Gasteiger partial charge in [-0.05, 0) is 86.8 Å². The molecule has 1 amide bonds. The standard InChI is InChI=1S/C26H37N3OS/c1-4-10-28-24(29(18(3)30)23-8-6-19(5-2)7-9-23)17-31-25(28)27-26-14-20-11-21(15-26)13-22(12-20)16-26/h6-9,20-22,24H,4-5,10-17H2,1-3H3. The maximum Gasteiger partial charge on any atom is 0.225 e. The minimum Gasteiger partial charge on any atom is -0.330 e. The van der Waals surface area contributed by atoms with Crippen molar-refractivity contribution in [3.63, 3.8) is 0 Å². The van der Waals surface area contributed by atoms with Crippen LogP contribution in [-0.4, -0.2) is 40.0 Å². The molecule has 0 N–H and O–H groups in total. The highest BCUT2D eigenvalue weighted by Gasteiger charge is 2.52. The number of anilines is 1. The van der Waals surface area contributed by atoms with Crippen LogP contribution in [0.4, 0.5) is 5.69 Å². The molecule has 31 heavy (non-hydrogen) atoms. The molecule has 1 unspecified atom stereocenters. The number of hydrogen-bond acceptors (Lipinski definition) is 3. The van der Waals surface area contributed by atoms with Crippen LogP contribution in [0.25, 0.3) is 0 Å². The van der Waals surface area contributed by atoms with Gasteiger partial charge in [0.1, 0.15) is 6.17 Å². The number of thioether (sulfide) groups is 1. The second kappa shape index (κ2) is 8.46. The van der Waals surface area contributed by atoms with E-state index in [9.17, 15) is 4.79 Å². The molecule has 4 nitrogen and oxygen atoms in total. The van der Waals surface area contributed by atoms with Gasteiger partial charge in [-0.3, -0.25) is 14.7 Å². The molecular weight excluding hydrogens is 402 g/mol. The van der Waals surface area contributed by atoms with E-state index in [1.165, 1.54) is 49.3 Å². The summed E-state index contributed by atoms with van der Waals surface area (Å²) in [4.78, 5) is 22.8. The van der Waals surface area contributed by atoms with Gasteiger partial charge in [0, 0.05) is 24.9 Å². The predicted molar refractivity (Wildman–Crippen MR) is 131 cm³/mol. The van der Waals surface area contributed by atoms with Crippen LogP contribution < -0.4 is 4.90 Å². The topological polar surface area (TPSA) is 35.9 Å². The Balaban J connectivity index is 1.43. The largest absolute Gasteiger partial charge is 0.330 e. The predicted octanol–water partition coefficient (Wildman–Crippen LogP) is 5.71. The average molecular weight is 440 g/mol. The molecule has 0 spiro atoms. The molecule has 6 rings (SSSR count). The SMILES string of the molecule is CCCN1C(=NC23CC4CC(CC(C4)C2)C3)SCC1N(C(C)=O)c1ccc(CC)cc1. The van der Waals surface area contributed by atoms with Crippen LogP contribution >= 0.6 is 11.8 Å². The Kier molecular flexibility index (Phi) is 5.83. The number of aliphatic imine (C=N–C) groups is 1. The van der Waals surface area contributed by atoms with Gasteiger partial charge in [0.2, 0.25) is 5.91 Å². The zero-order valence-electron chi connectivity index (χ0n) is 19.3. The molecule has 1 atom stereocenters. The van der Waals surface area contributed by atoms with Crippen LogP contribution in [0.5, 0.6) is 0 Å². The lowest BCUT2D eigenvalue weighted by atomic mass is 9.53. The molecule has 4 aliphatic carbocycles. The molecule has 0 radical (unpaired) electrons. The van der Waals surface area contributed by atoms with Crippen LogP contribution in [0.2, 0.25) is 0 Å². The van der Waals surface area contributed by atoms with Gasteiger partial charge in [-0.15, -0.1) is 0 Å². The monoisotopic (exact) mass is 439 g/mol. The van der Waals surface area contributed by atoms with Crippen LogP contribution in [0.3, 0.4) is 0 Å². The van der Waals surface area contributed by atoms with Gasteiger partial charge in [-0.2, -0.15) is 0 Å². The van der Waals surface area contributed by atoms with Crippen molar-refractivity contribution in [3.05, 3.63) is 29.8 Å². The molecular formula is C26H37N3OS. The van der Waals surface area contributed by atoms with E-state index in [4.69, 9.17) is 4.99 Å². The Hall–Kier alpha value is -1.49. The van der Waals surface area contributed by atoms with Crippen LogP contribution in [0.1, 0.15) is 71.3 Å². The summed E-state index contributed by atoms with van der Waals surface area (Å²) in [5.74, 6) is 3.74.